The molecule has 114 valence electrons. The highest BCUT2D eigenvalue weighted by Crippen LogP contribution is 2.37. The van der Waals surface area contributed by atoms with Crippen molar-refractivity contribution < 1.29 is 24.1 Å². The van der Waals surface area contributed by atoms with Gasteiger partial charge in [-0.15, -0.1) is 0 Å². The second kappa shape index (κ2) is 7.03. The van der Waals surface area contributed by atoms with E-state index in [0.29, 0.717) is 0 Å². The Morgan fingerprint density at radius 3 is 2.29 bits per heavy atom. The van der Waals surface area contributed by atoms with Gasteiger partial charge in [-0.05, 0) is 6.92 Å². The summed E-state index contributed by atoms with van der Waals surface area (Å²) in [6.45, 7) is 1.58. The number of nitro groups is 2. The zero-order valence-corrected chi connectivity index (χ0v) is 11.3. The van der Waals surface area contributed by atoms with Gasteiger partial charge in [-0.3, -0.25) is 25.0 Å². The lowest BCUT2D eigenvalue weighted by atomic mass is 10.2. The Bertz CT molecular complexity index is 573. The topological polar surface area (TPSA) is 134 Å². The standard InChI is InChI=1S/C11H13N3O7/c1-3-21-11(15)6-12-7-4-8(13(16)17)9(14(18)19)5-10(7)20-2/h4-5,12H,3,6H2,1-2H3. The smallest absolute Gasteiger partial charge is 0.349 e. The lowest BCUT2D eigenvalue weighted by Gasteiger charge is -2.10. The third-order valence-electron chi connectivity index (χ3n) is 2.42. The van der Waals surface area contributed by atoms with Crippen molar-refractivity contribution in [1.82, 2.24) is 0 Å². The Kier molecular flexibility index (Phi) is 5.40. The third kappa shape index (κ3) is 4.03. The Labute approximate surface area is 119 Å². The normalized spacial score (nSPS) is 9.81. The highest BCUT2D eigenvalue weighted by atomic mass is 16.6. The van der Waals surface area contributed by atoms with Gasteiger partial charge >= 0.3 is 17.3 Å². The molecule has 1 N–H and O–H groups in total. The van der Waals surface area contributed by atoms with E-state index in [-0.39, 0.29) is 24.6 Å². The molecule has 0 atom stereocenters. The van der Waals surface area contributed by atoms with Crippen LogP contribution in [0.4, 0.5) is 17.1 Å². The van der Waals surface area contributed by atoms with E-state index in [1.807, 2.05) is 0 Å². The van der Waals surface area contributed by atoms with Crippen LogP contribution in [0.3, 0.4) is 0 Å². The summed E-state index contributed by atoms with van der Waals surface area (Å²) in [4.78, 5) is 31.1. The molecule has 0 bridgehead atoms. The van der Waals surface area contributed by atoms with Gasteiger partial charge in [0, 0.05) is 0 Å². The first-order valence-electron chi connectivity index (χ1n) is 5.81. The van der Waals surface area contributed by atoms with Crippen LogP contribution in [-0.4, -0.2) is 36.1 Å². The van der Waals surface area contributed by atoms with E-state index in [4.69, 9.17) is 9.47 Å². The van der Waals surface area contributed by atoms with Gasteiger partial charge in [0.25, 0.3) is 0 Å². The molecule has 0 heterocycles. The maximum atomic E-state index is 11.2. The summed E-state index contributed by atoms with van der Waals surface area (Å²) < 4.78 is 9.61. The highest BCUT2D eigenvalue weighted by molar-refractivity contribution is 5.77. The van der Waals surface area contributed by atoms with Crippen molar-refractivity contribution in [2.75, 3.05) is 25.6 Å². The molecule has 0 unspecified atom stereocenters. The number of carbonyl (C=O) groups excluding carboxylic acids is 1. The minimum absolute atomic E-state index is 0.0107. The van der Waals surface area contributed by atoms with Gasteiger partial charge in [0.1, 0.15) is 12.3 Å². The number of hydrogen-bond acceptors (Lipinski definition) is 8. The first-order chi connectivity index (χ1) is 9.90. The van der Waals surface area contributed by atoms with Crippen molar-refractivity contribution in [1.29, 1.82) is 0 Å². The fourth-order valence-electron chi connectivity index (χ4n) is 1.54. The quantitative estimate of drug-likeness (QED) is 0.454. The SMILES string of the molecule is CCOC(=O)CNc1cc([N+](=O)[O-])c([N+](=O)[O-])cc1OC. The second-order valence-electron chi connectivity index (χ2n) is 3.71. The van der Waals surface area contributed by atoms with E-state index < -0.39 is 27.2 Å². The predicted molar refractivity (Wildman–Crippen MR) is 71.4 cm³/mol. The van der Waals surface area contributed by atoms with E-state index in [2.05, 4.69) is 5.32 Å². The summed E-state index contributed by atoms with van der Waals surface area (Å²) in [5, 5.41) is 24.3. The number of hydrogen-bond donors (Lipinski definition) is 1. The molecule has 0 aromatic heterocycles. The van der Waals surface area contributed by atoms with E-state index in [9.17, 15) is 25.0 Å². The van der Waals surface area contributed by atoms with E-state index >= 15 is 0 Å². The van der Waals surface area contributed by atoms with Gasteiger partial charge in [0.2, 0.25) is 0 Å². The second-order valence-corrected chi connectivity index (χ2v) is 3.71. The lowest BCUT2D eigenvalue weighted by Crippen LogP contribution is -2.17. The van der Waals surface area contributed by atoms with Crippen LogP contribution in [0, 0.1) is 20.2 Å². The Morgan fingerprint density at radius 1 is 1.24 bits per heavy atom. The average Bonchev–Trinajstić information content (AvgIpc) is 2.44. The van der Waals surface area contributed by atoms with Gasteiger partial charge in [-0.25, -0.2) is 0 Å². The summed E-state index contributed by atoms with van der Waals surface area (Å²) >= 11 is 0. The van der Waals surface area contributed by atoms with Crippen molar-refractivity contribution in [3.05, 3.63) is 32.4 Å². The number of carbonyl (C=O) groups is 1. The van der Waals surface area contributed by atoms with Crippen molar-refractivity contribution in [3.63, 3.8) is 0 Å². The molecule has 1 aromatic carbocycles. The van der Waals surface area contributed by atoms with E-state index in [1.54, 1.807) is 6.92 Å². The van der Waals surface area contributed by atoms with Crippen LogP contribution in [0.15, 0.2) is 12.1 Å². The average molecular weight is 299 g/mol. The molecular weight excluding hydrogens is 286 g/mol. The molecular formula is C11H13N3O7. The number of ether oxygens (including phenoxy) is 2. The van der Waals surface area contributed by atoms with Crippen LogP contribution in [0.5, 0.6) is 5.75 Å². The Balaban J connectivity index is 3.13. The maximum Gasteiger partial charge on any atom is 0.349 e. The predicted octanol–water partition coefficient (Wildman–Crippen LogP) is 1.49. The van der Waals surface area contributed by atoms with Crippen LogP contribution in [-0.2, 0) is 9.53 Å². The Morgan fingerprint density at radius 2 is 1.81 bits per heavy atom. The number of nitro benzene ring substituents is 2. The highest BCUT2D eigenvalue weighted by Gasteiger charge is 2.27. The van der Waals surface area contributed by atoms with Crippen molar-refractivity contribution in [2.24, 2.45) is 0 Å². The number of nitrogens with one attached hydrogen (secondary N) is 1. The van der Waals surface area contributed by atoms with Crippen LogP contribution in [0.25, 0.3) is 0 Å². The van der Waals surface area contributed by atoms with Crippen LogP contribution < -0.4 is 10.1 Å². The van der Waals surface area contributed by atoms with Crippen molar-refractivity contribution in [3.8, 4) is 5.75 Å². The van der Waals surface area contributed by atoms with Crippen LogP contribution in [0.2, 0.25) is 0 Å². The molecule has 1 aromatic rings. The minimum atomic E-state index is -0.882. The molecule has 0 aliphatic carbocycles. The van der Waals surface area contributed by atoms with Crippen LogP contribution in [0.1, 0.15) is 6.92 Å². The van der Waals surface area contributed by atoms with Gasteiger partial charge in [-0.1, -0.05) is 0 Å². The molecule has 0 spiro atoms. The fourth-order valence-corrected chi connectivity index (χ4v) is 1.54. The minimum Gasteiger partial charge on any atom is -0.494 e. The van der Waals surface area contributed by atoms with Crippen LogP contribution >= 0.6 is 0 Å². The largest absolute Gasteiger partial charge is 0.494 e. The summed E-state index contributed by atoms with van der Waals surface area (Å²) in [7, 11) is 1.25. The summed E-state index contributed by atoms with van der Waals surface area (Å²) in [5.41, 5.74) is -1.31. The number of esters is 1. The molecule has 0 saturated carbocycles. The fraction of sp³-hybridized carbons (Fsp3) is 0.364. The monoisotopic (exact) mass is 299 g/mol. The molecule has 10 nitrogen and oxygen atoms in total. The summed E-state index contributed by atoms with van der Waals surface area (Å²) in [6.07, 6.45) is 0. The van der Waals surface area contributed by atoms with Gasteiger partial charge in [0.05, 0.1) is 41.4 Å². The van der Waals surface area contributed by atoms with Gasteiger partial charge < -0.3 is 14.8 Å². The first-order valence-corrected chi connectivity index (χ1v) is 5.81. The molecule has 10 heteroatoms. The molecule has 0 fully saturated rings. The lowest BCUT2D eigenvalue weighted by molar-refractivity contribution is -0.422. The maximum absolute atomic E-state index is 11.2. The molecule has 0 radical (unpaired) electrons. The number of anilines is 1. The van der Waals surface area contributed by atoms with Crippen molar-refractivity contribution in [2.45, 2.75) is 6.92 Å². The molecule has 21 heavy (non-hydrogen) atoms. The van der Waals surface area contributed by atoms with Crippen molar-refractivity contribution >= 4 is 23.0 Å². The van der Waals surface area contributed by atoms with E-state index in [0.717, 1.165) is 12.1 Å². The first kappa shape index (κ1) is 16.1. The molecule has 1 rings (SSSR count). The molecule has 0 saturated heterocycles. The summed E-state index contributed by atoms with van der Waals surface area (Å²) in [6, 6.07) is 1.86. The zero-order valence-electron chi connectivity index (χ0n) is 11.3. The number of benzene rings is 1. The Hall–Kier alpha value is -2.91. The van der Waals surface area contributed by atoms with E-state index in [1.165, 1.54) is 7.11 Å². The number of nitrogens with zero attached hydrogens (tertiary/aromatic N) is 2. The molecule has 0 amide bonds. The van der Waals surface area contributed by atoms with Gasteiger partial charge in [-0.2, -0.15) is 0 Å². The molecule has 0 aliphatic heterocycles. The summed E-state index contributed by atoms with van der Waals surface area (Å²) in [5.74, 6) is -0.558. The third-order valence-corrected chi connectivity index (χ3v) is 2.42. The molecule has 0 aliphatic rings. The number of methoxy groups -OCH3 is 1. The number of rotatable bonds is 7. The zero-order chi connectivity index (χ0) is 16.0. The van der Waals surface area contributed by atoms with Gasteiger partial charge in [0.15, 0.2) is 0 Å².